The van der Waals surface area contributed by atoms with Crippen LogP contribution in [-0.4, -0.2) is 46.4 Å². The van der Waals surface area contributed by atoms with Gasteiger partial charge in [0.25, 0.3) is 11.4 Å². The summed E-state index contributed by atoms with van der Waals surface area (Å²) in [6, 6.07) is 138. The second-order valence-corrected chi connectivity index (χ2v) is 32.0. The van der Waals surface area contributed by atoms with Gasteiger partial charge in [-0.05, 0) is 208 Å². The van der Waals surface area contributed by atoms with Crippen molar-refractivity contribution in [3.05, 3.63) is 425 Å². The van der Waals surface area contributed by atoms with Crippen LogP contribution in [0.5, 0.6) is 0 Å². The van der Waals surface area contributed by atoms with E-state index in [1.165, 1.54) is 116 Å². The summed E-state index contributed by atoms with van der Waals surface area (Å²) in [4.78, 5) is 21.1. The smallest absolute Gasteiger partial charge is 0.399 e. The highest BCUT2D eigenvalue weighted by Crippen LogP contribution is 2.45. The van der Waals surface area contributed by atoms with Gasteiger partial charge in [0.2, 0.25) is 0 Å². The van der Waals surface area contributed by atoms with Crippen LogP contribution in [0.15, 0.2) is 405 Å². The van der Waals surface area contributed by atoms with Crippen molar-refractivity contribution in [1.82, 2.24) is 18.3 Å². The number of nitrogens with zero attached hydrogens (tertiary/aromatic N) is 6. The molecule has 21 aromatic rings. The quantitative estimate of drug-likeness (QED) is 0.0722. The molecule has 1 aliphatic heterocycles. The zero-order valence-corrected chi connectivity index (χ0v) is 67.8. The second-order valence-electron chi connectivity index (χ2n) is 31.1. The van der Waals surface area contributed by atoms with E-state index in [9.17, 15) is 20.2 Å². The highest BCUT2D eigenvalue weighted by Gasteiger charge is 2.52. The zero-order valence-electron chi connectivity index (χ0n) is 66.2. The number of hydrogen-bond acceptors (Lipinski definition) is 6. The fourth-order valence-electron chi connectivity index (χ4n) is 17.0. The summed E-state index contributed by atoms with van der Waals surface area (Å²) in [5.74, 6) is 0. The first-order chi connectivity index (χ1) is 58.6. The summed E-state index contributed by atoms with van der Waals surface area (Å²) in [6.07, 6.45) is 0. The fraction of sp³-hybridized carbons (Fsp3) is 0.0566. The Morgan fingerprint density at radius 2 is 0.667 bits per heavy atom. The Hall–Kier alpha value is -14.5. The van der Waals surface area contributed by atoms with Gasteiger partial charge in [-0.1, -0.05) is 279 Å². The summed E-state index contributed by atoms with van der Waals surface area (Å²) in [7, 11) is -0.377. The van der Waals surface area contributed by atoms with Gasteiger partial charge < -0.3 is 27.6 Å². The number of nitro groups is 2. The van der Waals surface area contributed by atoms with E-state index in [1.807, 2.05) is 48.5 Å². The summed E-state index contributed by atoms with van der Waals surface area (Å²) >= 11 is 3.06. The van der Waals surface area contributed by atoms with Gasteiger partial charge in [-0.15, -0.1) is 0 Å². The molecule has 1 fully saturated rings. The second kappa shape index (κ2) is 31.5. The molecule has 17 aromatic carbocycles. The maximum atomic E-state index is 11.6. The number of nitro benzene ring substituents is 2. The lowest BCUT2D eigenvalue weighted by Gasteiger charge is -2.32. The van der Waals surface area contributed by atoms with Gasteiger partial charge >= 0.3 is 7.12 Å². The third kappa shape index (κ3) is 13.9. The number of fused-ring (bicyclic) bond motifs is 14. The summed E-state index contributed by atoms with van der Waals surface area (Å²) < 4.78 is 22.7. The Labute approximate surface area is 701 Å². The highest BCUT2D eigenvalue weighted by atomic mass is 79.9. The molecule has 14 heteroatoms. The van der Waals surface area contributed by atoms with Gasteiger partial charge in [-0.2, -0.15) is 0 Å². The van der Waals surface area contributed by atoms with Gasteiger partial charge in [0.1, 0.15) is 0 Å². The first-order valence-corrected chi connectivity index (χ1v) is 40.9. The molecule has 0 amide bonds. The fourth-order valence-corrected chi connectivity index (χ4v) is 17.5. The molecule has 0 unspecified atom stereocenters. The Balaban J connectivity index is 0.000000113. The van der Waals surface area contributed by atoms with E-state index in [4.69, 9.17) is 9.31 Å². The van der Waals surface area contributed by atoms with Crippen LogP contribution < -0.4 is 5.46 Å². The van der Waals surface area contributed by atoms with Crippen molar-refractivity contribution in [2.45, 2.75) is 38.9 Å². The van der Waals surface area contributed by atoms with Crippen LogP contribution in [-0.2, 0) is 9.31 Å². The van der Waals surface area contributed by atoms with Gasteiger partial charge in [-0.3, -0.25) is 20.2 Å². The van der Waals surface area contributed by atoms with Crippen molar-refractivity contribution in [3.8, 4) is 67.3 Å². The monoisotopic (exact) mass is 1620 g/mol. The number of hydrogen-bond donors (Lipinski definition) is 0. The predicted octanol–water partition coefficient (Wildman–Crippen LogP) is 27.8. The minimum absolute atomic E-state index is 0.0995. The maximum absolute atomic E-state index is 11.6. The topological polar surface area (TPSA) is 124 Å². The molecule has 1 aliphatic rings. The molecule has 0 radical (unpaired) electrons. The van der Waals surface area contributed by atoms with Gasteiger partial charge in [0.15, 0.2) is 0 Å². The normalized spacial score (nSPS) is 12.9. The van der Waals surface area contributed by atoms with Crippen LogP contribution in [0.3, 0.4) is 0 Å². The largest absolute Gasteiger partial charge is 0.494 e. The maximum Gasteiger partial charge on any atom is 0.494 e. The van der Waals surface area contributed by atoms with Crippen LogP contribution in [0.25, 0.3) is 165 Å². The number of benzene rings is 17. The molecule has 0 spiro atoms. The van der Waals surface area contributed by atoms with E-state index >= 15 is 0 Å². The third-order valence-electron chi connectivity index (χ3n) is 23.5. The van der Waals surface area contributed by atoms with Crippen LogP contribution in [0.2, 0.25) is 0 Å². The Kier molecular flexibility index (Phi) is 19.8. The molecule has 12 nitrogen and oxygen atoms in total. The molecule has 120 heavy (non-hydrogen) atoms. The van der Waals surface area contributed by atoms with Crippen molar-refractivity contribution < 1.29 is 19.2 Å². The summed E-state index contributed by atoms with van der Waals surface area (Å²) in [6.45, 7) is 8.38. The summed E-state index contributed by atoms with van der Waals surface area (Å²) in [5, 5.41) is 34.0. The van der Waals surface area contributed by atoms with Crippen molar-refractivity contribution in [2.24, 2.45) is 0 Å². The minimum Gasteiger partial charge on any atom is -0.399 e. The molecule has 5 heterocycles. The number of rotatable bonds is 11. The van der Waals surface area contributed by atoms with E-state index in [1.54, 1.807) is 30.3 Å². The van der Waals surface area contributed by atoms with Crippen molar-refractivity contribution in [2.75, 3.05) is 0 Å². The molecule has 1 saturated heterocycles. The van der Waals surface area contributed by atoms with Crippen LogP contribution in [0, 0.1) is 20.2 Å². The molecular weight excluding hydrogens is 1540 g/mol. The van der Waals surface area contributed by atoms with E-state index in [-0.39, 0.29) is 34.6 Å². The molecule has 0 bridgehead atoms. The van der Waals surface area contributed by atoms with Gasteiger partial charge in [-0.25, -0.2) is 0 Å². The zero-order chi connectivity index (χ0) is 81.8. The number of halogens is 1. The van der Waals surface area contributed by atoms with Gasteiger partial charge in [0.05, 0.1) is 75.2 Å². The molecular formula is C106H78BBrN6O6. The molecule has 578 valence electrons. The van der Waals surface area contributed by atoms with Crippen LogP contribution >= 0.6 is 15.9 Å². The third-order valence-corrected chi connectivity index (χ3v) is 24.1. The van der Waals surface area contributed by atoms with Gasteiger partial charge in [0, 0.05) is 78.0 Å². The highest BCUT2D eigenvalue weighted by molar-refractivity contribution is 9.10. The van der Waals surface area contributed by atoms with Crippen molar-refractivity contribution in [1.29, 1.82) is 0 Å². The van der Waals surface area contributed by atoms with Crippen LogP contribution in [0.1, 0.15) is 27.7 Å². The Morgan fingerprint density at radius 3 is 1.18 bits per heavy atom. The number of para-hydroxylation sites is 6. The first kappa shape index (κ1) is 75.5. The lowest BCUT2D eigenvalue weighted by Crippen LogP contribution is -2.41. The minimum atomic E-state index is -0.427. The van der Waals surface area contributed by atoms with E-state index in [2.05, 4.69) is 377 Å². The molecule has 0 saturated carbocycles. The standard InChI is InChI=1S/C40H26N2.C30H28BNO2.C30H20N2O2.C6H4BrNO2/c1-2-11-27(12-3-1)30-15-10-16-31(25-30)41-37-20-9-7-18-35(37)39-38(41)24-23-34-33-17-6-8-19-36(33)42(40(34)39)32-22-21-28-13-4-5-14-29(28)26-32;1-29(2)30(3,4)34-31(33-29)23-17-18-28-26(20-23)25-15-8-9-16-27(25)32(28)24-14-10-13-22(19-24)21-11-6-5-7-12-21;33-32(34)30-16-7-4-13-25(30)23-17-18-29-27(20-23)26-14-5-6-15-28(26)31(29)24-12-8-11-22(19-24)21-9-2-1-3-10-21;7-5-3-1-2-4-6(5)8(9)10/h1-26H;5-20H,1-4H3;1-20H;1-4H. The Bertz CT molecular complexity index is 7520. The average molecular weight is 1620 g/mol. The summed E-state index contributed by atoms with van der Waals surface area (Å²) in [5.41, 5.74) is 23.1. The SMILES string of the molecule is CC1(C)OB(c2ccc3c(c2)c2ccccc2n3-c2cccc(-c3ccccc3)c2)OC1(C)C.O=[N+]([O-])c1ccccc1-c1ccc2c(c1)c1ccccc1n2-c1cccc(-c2ccccc2)c1.O=[N+]([O-])c1ccccc1Br.c1ccc(-c2cccc(-n3c4ccccc4c4c3ccc3c5ccccc5n(-c5ccc6ccccc6c5)c34)c2)cc1. The molecule has 0 aliphatic carbocycles. The first-order valence-electron chi connectivity index (χ1n) is 40.1. The average Bonchev–Trinajstić information content (AvgIpc) is 1.54. The molecule has 0 N–H and O–H groups in total. The van der Waals surface area contributed by atoms with E-state index < -0.39 is 4.92 Å². The van der Waals surface area contributed by atoms with Crippen molar-refractivity contribution in [3.63, 3.8) is 0 Å². The molecule has 22 rings (SSSR count). The predicted molar refractivity (Wildman–Crippen MR) is 499 cm³/mol. The van der Waals surface area contributed by atoms with Crippen molar-refractivity contribution >= 4 is 138 Å². The van der Waals surface area contributed by atoms with E-state index in [0.29, 0.717) is 10.0 Å². The number of aromatic nitrogens is 4. The van der Waals surface area contributed by atoms with Crippen LogP contribution in [0.4, 0.5) is 11.4 Å². The lowest BCUT2D eigenvalue weighted by atomic mass is 9.78. The Morgan fingerprint density at radius 1 is 0.283 bits per heavy atom. The molecule has 4 aromatic heterocycles. The molecule has 0 atom stereocenters. The lowest BCUT2D eigenvalue weighted by molar-refractivity contribution is -0.385. The van der Waals surface area contributed by atoms with E-state index in [0.717, 1.165) is 55.5 Å².